The van der Waals surface area contributed by atoms with Gasteiger partial charge in [-0.15, -0.1) is 11.8 Å². The molecule has 0 saturated heterocycles. The third-order valence-corrected chi connectivity index (χ3v) is 3.67. The fourth-order valence-corrected chi connectivity index (χ4v) is 2.30. The number of rotatable bonds is 5. The van der Waals surface area contributed by atoms with Gasteiger partial charge in [-0.3, -0.25) is 4.79 Å². The Morgan fingerprint density at radius 1 is 1.10 bits per heavy atom. The lowest BCUT2D eigenvalue weighted by atomic mass is 10.2. The van der Waals surface area contributed by atoms with Crippen molar-refractivity contribution in [1.82, 2.24) is 0 Å². The molecule has 1 amide bonds. The second-order valence-electron chi connectivity index (χ2n) is 4.19. The van der Waals surface area contributed by atoms with Crippen LogP contribution in [0.2, 0.25) is 0 Å². The summed E-state index contributed by atoms with van der Waals surface area (Å²) in [5.41, 5.74) is 7.17. The van der Waals surface area contributed by atoms with Crippen LogP contribution in [0, 0.1) is 5.82 Å². The minimum atomic E-state index is -0.322. The van der Waals surface area contributed by atoms with Crippen LogP contribution in [0.3, 0.4) is 0 Å². The number of anilines is 1. The highest BCUT2D eigenvalue weighted by Crippen LogP contribution is 2.19. The Bertz CT molecular complexity index is 569. The van der Waals surface area contributed by atoms with Crippen LogP contribution < -0.4 is 11.1 Å². The fourth-order valence-electron chi connectivity index (χ4n) is 1.60. The zero-order chi connectivity index (χ0) is 14.4. The van der Waals surface area contributed by atoms with Crippen molar-refractivity contribution in [3.63, 3.8) is 0 Å². The zero-order valence-electron chi connectivity index (χ0n) is 10.8. The molecule has 0 aliphatic carbocycles. The van der Waals surface area contributed by atoms with Crippen LogP contribution in [0.25, 0.3) is 0 Å². The largest absolute Gasteiger partial charge is 0.326 e. The molecule has 0 spiro atoms. The van der Waals surface area contributed by atoms with Crippen molar-refractivity contribution in [2.24, 2.45) is 5.73 Å². The van der Waals surface area contributed by atoms with E-state index >= 15 is 0 Å². The Labute approximate surface area is 121 Å². The van der Waals surface area contributed by atoms with Gasteiger partial charge in [0.1, 0.15) is 5.82 Å². The minimum absolute atomic E-state index is 0.121. The van der Waals surface area contributed by atoms with Crippen LogP contribution in [0.4, 0.5) is 10.1 Å². The normalized spacial score (nSPS) is 10.3. The lowest BCUT2D eigenvalue weighted by Gasteiger charge is -2.05. The number of hydrogen-bond donors (Lipinski definition) is 2. The molecule has 0 radical (unpaired) electrons. The van der Waals surface area contributed by atoms with Crippen molar-refractivity contribution in [2.75, 3.05) is 11.1 Å². The second-order valence-corrected chi connectivity index (χ2v) is 5.24. The smallest absolute Gasteiger partial charge is 0.234 e. The van der Waals surface area contributed by atoms with Crippen LogP contribution in [0.15, 0.2) is 53.4 Å². The number of nitrogens with one attached hydrogen (secondary N) is 1. The standard InChI is InChI=1S/C15H15FN2OS/c16-12-3-5-13(6-4-12)18-15(19)10-20-14-7-1-11(9-17)2-8-14/h1-8H,9-10,17H2,(H,18,19). The predicted molar refractivity (Wildman–Crippen MR) is 80.1 cm³/mol. The molecule has 104 valence electrons. The highest BCUT2D eigenvalue weighted by atomic mass is 32.2. The van der Waals surface area contributed by atoms with E-state index in [1.807, 2.05) is 24.3 Å². The summed E-state index contributed by atoms with van der Waals surface area (Å²) >= 11 is 1.44. The number of benzene rings is 2. The second kappa shape index (κ2) is 7.07. The van der Waals surface area contributed by atoms with E-state index in [4.69, 9.17) is 5.73 Å². The molecule has 2 aromatic rings. The Morgan fingerprint density at radius 3 is 2.35 bits per heavy atom. The average Bonchev–Trinajstić information content (AvgIpc) is 2.48. The number of amides is 1. The van der Waals surface area contributed by atoms with Crippen molar-refractivity contribution in [3.05, 3.63) is 59.9 Å². The van der Waals surface area contributed by atoms with E-state index in [2.05, 4.69) is 5.32 Å². The van der Waals surface area contributed by atoms with Gasteiger partial charge in [-0.1, -0.05) is 12.1 Å². The summed E-state index contributed by atoms with van der Waals surface area (Å²) in [6, 6.07) is 13.5. The maximum Gasteiger partial charge on any atom is 0.234 e. The molecule has 0 aliphatic rings. The number of carbonyl (C=O) groups is 1. The van der Waals surface area contributed by atoms with E-state index in [0.29, 0.717) is 18.0 Å². The number of carbonyl (C=O) groups excluding carboxylic acids is 1. The van der Waals surface area contributed by atoms with Crippen molar-refractivity contribution < 1.29 is 9.18 Å². The van der Waals surface area contributed by atoms with Gasteiger partial charge < -0.3 is 11.1 Å². The first-order valence-corrected chi connectivity index (χ1v) is 7.13. The summed E-state index contributed by atoms with van der Waals surface area (Å²) < 4.78 is 12.7. The summed E-state index contributed by atoms with van der Waals surface area (Å²) in [7, 11) is 0. The third-order valence-electron chi connectivity index (χ3n) is 2.66. The van der Waals surface area contributed by atoms with E-state index in [1.54, 1.807) is 0 Å². The highest BCUT2D eigenvalue weighted by Gasteiger charge is 2.04. The van der Waals surface area contributed by atoms with Gasteiger partial charge >= 0.3 is 0 Å². The maximum absolute atomic E-state index is 12.7. The molecule has 0 fully saturated rings. The van der Waals surface area contributed by atoms with Gasteiger partial charge in [-0.2, -0.15) is 0 Å². The summed E-state index contributed by atoms with van der Waals surface area (Å²) in [6.45, 7) is 0.510. The molecule has 0 atom stereocenters. The fraction of sp³-hybridized carbons (Fsp3) is 0.133. The first kappa shape index (κ1) is 14.6. The summed E-state index contributed by atoms with van der Waals surface area (Å²) in [4.78, 5) is 12.8. The van der Waals surface area contributed by atoms with Gasteiger partial charge in [-0.05, 0) is 42.0 Å². The molecular formula is C15H15FN2OS. The van der Waals surface area contributed by atoms with Gasteiger partial charge in [0.25, 0.3) is 0 Å². The summed E-state index contributed by atoms with van der Waals surface area (Å²) in [5.74, 6) is -0.138. The van der Waals surface area contributed by atoms with Gasteiger partial charge in [0.15, 0.2) is 0 Å². The molecule has 20 heavy (non-hydrogen) atoms. The van der Waals surface area contributed by atoms with Gasteiger partial charge in [0.05, 0.1) is 5.75 Å². The quantitative estimate of drug-likeness (QED) is 0.832. The topological polar surface area (TPSA) is 55.1 Å². The molecule has 0 aliphatic heterocycles. The molecule has 2 rings (SSSR count). The summed E-state index contributed by atoms with van der Waals surface area (Å²) in [6.07, 6.45) is 0. The molecule has 0 saturated carbocycles. The van der Waals surface area contributed by atoms with Crippen molar-refractivity contribution >= 4 is 23.4 Å². The first-order valence-electron chi connectivity index (χ1n) is 6.14. The van der Waals surface area contributed by atoms with E-state index < -0.39 is 0 Å². The average molecular weight is 290 g/mol. The maximum atomic E-state index is 12.7. The van der Waals surface area contributed by atoms with E-state index in [0.717, 1.165) is 10.5 Å². The molecule has 3 nitrogen and oxygen atoms in total. The molecular weight excluding hydrogens is 275 g/mol. The molecule has 5 heteroatoms. The number of halogens is 1. The van der Waals surface area contributed by atoms with E-state index in [1.165, 1.54) is 36.0 Å². The highest BCUT2D eigenvalue weighted by molar-refractivity contribution is 8.00. The van der Waals surface area contributed by atoms with E-state index in [9.17, 15) is 9.18 Å². The van der Waals surface area contributed by atoms with Crippen molar-refractivity contribution in [1.29, 1.82) is 0 Å². The van der Waals surface area contributed by atoms with Crippen molar-refractivity contribution in [2.45, 2.75) is 11.4 Å². The van der Waals surface area contributed by atoms with Crippen LogP contribution in [-0.4, -0.2) is 11.7 Å². The SMILES string of the molecule is NCc1ccc(SCC(=O)Nc2ccc(F)cc2)cc1. The molecule has 0 heterocycles. The Balaban J connectivity index is 1.83. The molecule has 0 unspecified atom stereocenters. The molecule has 0 aromatic heterocycles. The van der Waals surface area contributed by atoms with Gasteiger partial charge in [0, 0.05) is 17.1 Å². The lowest BCUT2D eigenvalue weighted by molar-refractivity contribution is -0.113. The molecule has 0 bridgehead atoms. The minimum Gasteiger partial charge on any atom is -0.326 e. The van der Waals surface area contributed by atoms with Crippen LogP contribution >= 0.6 is 11.8 Å². The number of nitrogens with two attached hydrogens (primary N) is 1. The predicted octanol–water partition coefficient (Wildman–Crippen LogP) is 3.02. The summed E-state index contributed by atoms with van der Waals surface area (Å²) in [5, 5.41) is 2.72. The molecule has 2 aromatic carbocycles. The van der Waals surface area contributed by atoms with Crippen molar-refractivity contribution in [3.8, 4) is 0 Å². The van der Waals surface area contributed by atoms with Crippen LogP contribution in [-0.2, 0) is 11.3 Å². The third kappa shape index (κ3) is 4.36. The lowest BCUT2D eigenvalue weighted by Crippen LogP contribution is -2.13. The Kier molecular flexibility index (Phi) is 5.15. The Morgan fingerprint density at radius 2 is 1.75 bits per heavy atom. The first-order chi connectivity index (χ1) is 9.67. The molecule has 3 N–H and O–H groups in total. The monoisotopic (exact) mass is 290 g/mol. The van der Waals surface area contributed by atoms with Gasteiger partial charge in [0.2, 0.25) is 5.91 Å². The van der Waals surface area contributed by atoms with Crippen LogP contribution in [0.5, 0.6) is 0 Å². The number of hydrogen-bond acceptors (Lipinski definition) is 3. The van der Waals surface area contributed by atoms with Crippen LogP contribution in [0.1, 0.15) is 5.56 Å². The zero-order valence-corrected chi connectivity index (χ0v) is 11.6. The number of thioether (sulfide) groups is 1. The Hall–Kier alpha value is -1.85. The van der Waals surface area contributed by atoms with Gasteiger partial charge in [-0.25, -0.2) is 4.39 Å². The van der Waals surface area contributed by atoms with E-state index in [-0.39, 0.29) is 11.7 Å².